The third kappa shape index (κ3) is 3.99. The largest absolute Gasteiger partial charge is 0.411 e. The molecule has 1 saturated heterocycles. The average Bonchev–Trinajstić information content (AvgIpc) is 2.70. The lowest BCUT2D eigenvalue weighted by atomic mass is 9.76. The SMILES string of the molecule is CCCCC[C@@H]1/C(=N/O)C[C@H](c2ccccc2)N(C)[C@H]1c1ccccc1. The molecule has 1 aliphatic rings. The van der Waals surface area contributed by atoms with Crippen molar-refractivity contribution in [1.29, 1.82) is 0 Å². The minimum absolute atomic E-state index is 0.231. The standard InChI is InChI=1S/C23H30N2O/c1-3-4-7-16-20-21(24-26)17-22(18-12-8-5-9-13-18)25(2)23(20)19-14-10-6-11-15-19/h5-6,8-15,20,22-23,26H,3-4,7,16-17H2,1-2H3/b24-21+/t20-,22-,23+/m1/s1. The maximum Gasteiger partial charge on any atom is 0.0639 e. The molecule has 0 amide bonds. The van der Waals surface area contributed by atoms with Crippen molar-refractivity contribution < 1.29 is 5.21 Å². The van der Waals surface area contributed by atoms with E-state index in [1.54, 1.807) is 0 Å². The highest BCUT2D eigenvalue weighted by Crippen LogP contribution is 2.44. The van der Waals surface area contributed by atoms with Gasteiger partial charge in [0.15, 0.2) is 0 Å². The van der Waals surface area contributed by atoms with Crippen LogP contribution >= 0.6 is 0 Å². The van der Waals surface area contributed by atoms with Gasteiger partial charge in [-0.05, 0) is 24.6 Å². The van der Waals surface area contributed by atoms with Crippen LogP contribution in [0.4, 0.5) is 0 Å². The molecule has 26 heavy (non-hydrogen) atoms. The second kappa shape index (κ2) is 9.00. The summed E-state index contributed by atoms with van der Waals surface area (Å²) in [5, 5.41) is 13.6. The van der Waals surface area contributed by atoms with Crippen molar-refractivity contribution in [2.75, 3.05) is 7.05 Å². The van der Waals surface area contributed by atoms with E-state index in [-0.39, 0.29) is 18.0 Å². The first-order valence-corrected chi connectivity index (χ1v) is 9.79. The van der Waals surface area contributed by atoms with Gasteiger partial charge in [-0.1, -0.05) is 92.0 Å². The zero-order chi connectivity index (χ0) is 18.4. The lowest BCUT2D eigenvalue weighted by Crippen LogP contribution is -2.43. The number of rotatable bonds is 6. The first kappa shape index (κ1) is 18.7. The predicted molar refractivity (Wildman–Crippen MR) is 108 cm³/mol. The Morgan fingerprint density at radius 1 is 0.962 bits per heavy atom. The third-order valence-corrected chi connectivity index (χ3v) is 5.71. The Bertz CT molecular complexity index is 699. The molecule has 0 bridgehead atoms. The molecule has 2 aromatic rings. The number of hydrogen-bond acceptors (Lipinski definition) is 3. The Balaban J connectivity index is 1.97. The van der Waals surface area contributed by atoms with Gasteiger partial charge in [0.25, 0.3) is 0 Å². The summed E-state index contributed by atoms with van der Waals surface area (Å²) in [5.41, 5.74) is 3.53. The molecule has 0 radical (unpaired) electrons. The van der Waals surface area contributed by atoms with E-state index in [4.69, 9.17) is 0 Å². The van der Waals surface area contributed by atoms with E-state index >= 15 is 0 Å². The normalized spacial score (nSPS) is 25.5. The van der Waals surface area contributed by atoms with E-state index < -0.39 is 0 Å². The summed E-state index contributed by atoms with van der Waals surface area (Å²) < 4.78 is 0. The van der Waals surface area contributed by atoms with Gasteiger partial charge in [0.05, 0.1) is 5.71 Å². The van der Waals surface area contributed by atoms with Crippen molar-refractivity contribution in [2.24, 2.45) is 11.1 Å². The van der Waals surface area contributed by atoms with Crippen LogP contribution in [0.15, 0.2) is 65.8 Å². The number of benzene rings is 2. The highest BCUT2D eigenvalue weighted by Gasteiger charge is 2.40. The number of oxime groups is 1. The van der Waals surface area contributed by atoms with E-state index in [0.29, 0.717) is 0 Å². The molecule has 0 aromatic heterocycles. The molecular formula is C23H30N2O. The highest BCUT2D eigenvalue weighted by molar-refractivity contribution is 5.88. The average molecular weight is 351 g/mol. The van der Waals surface area contributed by atoms with Crippen LogP contribution in [0.5, 0.6) is 0 Å². The highest BCUT2D eigenvalue weighted by atomic mass is 16.4. The van der Waals surface area contributed by atoms with Crippen LogP contribution in [0.1, 0.15) is 62.2 Å². The lowest BCUT2D eigenvalue weighted by molar-refractivity contribution is 0.117. The van der Waals surface area contributed by atoms with Crippen LogP contribution in [-0.4, -0.2) is 22.9 Å². The molecule has 3 rings (SSSR count). The van der Waals surface area contributed by atoms with Gasteiger partial charge in [-0.25, -0.2) is 0 Å². The molecular weight excluding hydrogens is 320 g/mol. The fraction of sp³-hybridized carbons (Fsp3) is 0.435. The van der Waals surface area contributed by atoms with Crippen LogP contribution in [0, 0.1) is 5.92 Å². The smallest absolute Gasteiger partial charge is 0.0639 e. The Kier molecular flexibility index (Phi) is 6.45. The van der Waals surface area contributed by atoms with Gasteiger partial charge in [-0.2, -0.15) is 0 Å². The van der Waals surface area contributed by atoms with Crippen molar-refractivity contribution in [3.05, 3.63) is 71.8 Å². The first-order chi connectivity index (χ1) is 12.8. The van der Waals surface area contributed by atoms with Crippen LogP contribution in [-0.2, 0) is 0 Å². The summed E-state index contributed by atoms with van der Waals surface area (Å²) in [7, 11) is 2.22. The number of likely N-dealkylation sites (tertiary alicyclic amines) is 1. The monoisotopic (exact) mass is 350 g/mol. The van der Waals surface area contributed by atoms with Crippen molar-refractivity contribution in [3.63, 3.8) is 0 Å². The summed E-state index contributed by atoms with van der Waals surface area (Å²) in [5.74, 6) is 0.263. The zero-order valence-corrected chi connectivity index (χ0v) is 15.9. The molecule has 3 nitrogen and oxygen atoms in total. The van der Waals surface area contributed by atoms with Crippen LogP contribution in [0.3, 0.4) is 0 Å². The Morgan fingerprint density at radius 3 is 2.15 bits per heavy atom. The van der Waals surface area contributed by atoms with Crippen molar-refractivity contribution >= 4 is 5.71 Å². The number of hydrogen-bond donors (Lipinski definition) is 1. The fourth-order valence-electron chi connectivity index (χ4n) is 4.35. The summed E-state index contributed by atoms with van der Waals surface area (Å²) in [6, 6.07) is 21.7. The van der Waals surface area contributed by atoms with E-state index in [1.165, 1.54) is 30.4 Å². The van der Waals surface area contributed by atoms with Crippen molar-refractivity contribution in [3.8, 4) is 0 Å². The third-order valence-electron chi connectivity index (χ3n) is 5.71. The molecule has 0 aliphatic carbocycles. The van der Waals surface area contributed by atoms with Crippen molar-refractivity contribution in [2.45, 2.75) is 51.1 Å². The second-order valence-electron chi connectivity index (χ2n) is 7.35. The van der Waals surface area contributed by atoms with Gasteiger partial charge < -0.3 is 5.21 Å². The van der Waals surface area contributed by atoms with Crippen LogP contribution < -0.4 is 0 Å². The van der Waals surface area contributed by atoms with Gasteiger partial charge in [0, 0.05) is 24.4 Å². The zero-order valence-electron chi connectivity index (χ0n) is 15.9. The van der Waals surface area contributed by atoms with Gasteiger partial charge in [-0.3, -0.25) is 4.90 Å². The molecule has 1 fully saturated rings. The summed E-state index contributed by atoms with van der Waals surface area (Å²) >= 11 is 0. The topological polar surface area (TPSA) is 35.8 Å². The maximum absolute atomic E-state index is 9.80. The second-order valence-corrected chi connectivity index (χ2v) is 7.35. The molecule has 0 unspecified atom stereocenters. The summed E-state index contributed by atoms with van der Waals surface area (Å²) in [6.07, 6.45) is 5.46. The Morgan fingerprint density at radius 2 is 1.58 bits per heavy atom. The van der Waals surface area contributed by atoms with Gasteiger partial charge in [0.2, 0.25) is 0 Å². The van der Waals surface area contributed by atoms with E-state index in [1.807, 2.05) is 0 Å². The number of piperidine rings is 1. The minimum Gasteiger partial charge on any atom is -0.411 e. The molecule has 1 heterocycles. The Hall–Kier alpha value is -2.13. The molecule has 138 valence electrons. The fourth-order valence-corrected chi connectivity index (χ4v) is 4.35. The molecule has 0 saturated carbocycles. The number of unbranched alkanes of at least 4 members (excludes halogenated alkanes) is 2. The van der Waals surface area contributed by atoms with E-state index in [9.17, 15) is 5.21 Å². The molecule has 1 N–H and O–H groups in total. The molecule has 0 spiro atoms. The summed E-state index contributed by atoms with van der Waals surface area (Å²) in [6.45, 7) is 2.23. The van der Waals surface area contributed by atoms with Crippen LogP contribution in [0.25, 0.3) is 0 Å². The molecule has 2 aromatic carbocycles. The summed E-state index contributed by atoms with van der Waals surface area (Å²) in [4.78, 5) is 2.48. The van der Waals surface area contributed by atoms with Gasteiger partial charge in [-0.15, -0.1) is 0 Å². The Labute approximate surface area is 157 Å². The minimum atomic E-state index is 0.231. The maximum atomic E-state index is 9.80. The van der Waals surface area contributed by atoms with Crippen LogP contribution in [0.2, 0.25) is 0 Å². The molecule has 1 aliphatic heterocycles. The number of nitrogens with zero attached hydrogens (tertiary/aromatic N) is 2. The van der Waals surface area contributed by atoms with E-state index in [2.05, 4.69) is 84.7 Å². The first-order valence-electron chi connectivity index (χ1n) is 9.79. The lowest BCUT2D eigenvalue weighted by Gasteiger charge is -2.45. The van der Waals surface area contributed by atoms with Gasteiger partial charge in [0.1, 0.15) is 0 Å². The molecule has 3 atom stereocenters. The van der Waals surface area contributed by atoms with Crippen molar-refractivity contribution in [1.82, 2.24) is 4.90 Å². The van der Waals surface area contributed by atoms with E-state index in [0.717, 1.165) is 18.6 Å². The molecule has 3 heteroatoms. The quantitative estimate of drug-likeness (QED) is 0.404. The van der Waals surface area contributed by atoms with Gasteiger partial charge >= 0.3 is 0 Å². The predicted octanol–water partition coefficient (Wildman–Crippen LogP) is 5.83.